The Labute approximate surface area is 176 Å². The molecule has 1 saturated heterocycles. The van der Waals surface area contributed by atoms with Gasteiger partial charge in [-0.25, -0.2) is 4.98 Å². The van der Waals surface area contributed by atoms with Crippen molar-refractivity contribution in [3.05, 3.63) is 77.1 Å². The number of amides is 1. The lowest BCUT2D eigenvalue weighted by Crippen LogP contribution is -2.44. The number of nitrogens with one attached hydrogen (secondary N) is 1. The minimum atomic E-state index is -0.179. The lowest BCUT2D eigenvalue weighted by molar-refractivity contribution is -0.122. The second-order valence-electron chi connectivity index (χ2n) is 7.65. The first-order chi connectivity index (χ1) is 14.1. The van der Waals surface area contributed by atoms with Crippen LogP contribution in [0.25, 0.3) is 0 Å². The molecule has 6 heteroatoms. The highest BCUT2D eigenvalue weighted by atomic mass is 32.1. The van der Waals surface area contributed by atoms with Gasteiger partial charge in [-0.2, -0.15) is 4.37 Å². The Morgan fingerprint density at radius 3 is 2.72 bits per heavy atom. The van der Waals surface area contributed by atoms with Crippen LogP contribution in [0.3, 0.4) is 0 Å². The third-order valence-corrected chi connectivity index (χ3v) is 6.19. The Morgan fingerprint density at radius 2 is 1.97 bits per heavy atom. The van der Waals surface area contributed by atoms with Gasteiger partial charge < -0.3 is 10.2 Å². The highest BCUT2D eigenvalue weighted by Crippen LogP contribution is 2.28. The normalized spacial score (nSPS) is 17.3. The zero-order valence-corrected chi connectivity index (χ0v) is 17.7. The van der Waals surface area contributed by atoms with Gasteiger partial charge in [0, 0.05) is 24.5 Å². The van der Waals surface area contributed by atoms with E-state index in [1.165, 1.54) is 22.7 Å². The zero-order valence-electron chi connectivity index (χ0n) is 16.8. The monoisotopic (exact) mass is 406 g/mol. The van der Waals surface area contributed by atoms with Gasteiger partial charge in [0.15, 0.2) is 0 Å². The molecular formula is C23H26N4OS. The average molecular weight is 407 g/mol. The molecule has 2 aromatic carbocycles. The first-order valence-corrected chi connectivity index (χ1v) is 10.9. The number of aryl methyl sites for hydroxylation is 1. The van der Waals surface area contributed by atoms with E-state index in [-0.39, 0.29) is 18.0 Å². The molecule has 4 rings (SSSR count). The predicted molar refractivity (Wildman–Crippen MR) is 117 cm³/mol. The molecule has 0 unspecified atom stereocenters. The number of carbonyl (C=O) groups excluding carboxylic acids is 1. The Hall–Kier alpha value is -2.73. The number of nitrogens with zero attached hydrogens (tertiary/aromatic N) is 3. The van der Waals surface area contributed by atoms with E-state index in [4.69, 9.17) is 4.98 Å². The Balaban J connectivity index is 1.42. The second-order valence-corrected chi connectivity index (χ2v) is 8.38. The van der Waals surface area contributed by atoms with Gasteiger partial charge in [-0.3, -0.25) is 4.79 Å². The summed E-state index contributed by atoms with van der Waals surface area (Å²) in [6, 6.07) is 18.3. The lowest BCUT2D eigenvalue weighted by Gasteiger charge is -2.24. The van der Waals surface area contributed by atoms with Crippen molar-refractivity contribution in [3.63, 3.8) is 0 Å². The molecule has 1 aromatic heterocycles. The van der Waals surface area contributed by atoms with Crippen molar-refractivity contribution in [2.45, 2.75) is 45.2 Å². The van der Waals surface area contributed by atoms with Crippen LogP contribution in [0.1, 0.15) is 48.3 Å². The summed E-state index contributed by atoms with van der Waals surface area (Å²) in [5.74, 6) is 0.881. The first kappa shape index (κ1) is 19.6. The van der Waals surface area contributed by atoms with Crippen LogP contribution < -0.4 is 10.2 Å². The molecule has 1 N–H and O–H groups in total. The summed E-state index contributed by atoms with van der Waals surface area (Å²) < 4.78 is 4.54. The fraction of sp³-hybridized carbons (Fsp3) is 0.348. The number of carbonyl (C=O) groups is 1. The predicted octanol–water partition coefficient (Wildman–Crippen LogP) is 4.28. The molecule has 1 aliphatic rings. The highest BCUT2D eigenvalue weighted by Gasteiger charge is 2.33. The highest BCUT2D eigenvalue weighted by molar-refractivity contribution is 7.09. The van der Waals surface area contributed by atoms with Crippen molar-refractivity contribution in [1.29, 1.82) is 0 Å². The van der Waals surface area contributed by atoms with Crippen LogP contribution in [-0.4, -0.2) is 27.9 Å². The average Bonchev–Trinajstić information content (AvgIpc) is 3.39. The van der Waals surface area contributed by atoms with Gasteiger partial charge in [0.2, 0.25) is 11.0 Å². The molecule has 2 heterocycles. The summed E-state index contributed by atoms with van der Waals surface area (Å²) in [5.41, 5.74) is 3.56. The number of rotatable bonds is 6. The fourth-order valence-electron chi connectivity index (χ4n) is 3.72. The first-order valence-electron chi connectivity index (χ1n) is 10.1. The Bertz CT molecular complexity index is 955. The van der Waals surface area contributed by atoms with Crippen LogP contribution >= 0.6 is 11.5 Å². The van der Waals surface area contributed by atoms with Gasteiger partial charge >= 0.3 is 0 Å². The van der Waals surface area contributed by atoms with E-state index < -0.39 is 0 Å². The van der Waals surface area contributed by atoms with E-state index in [9.17, 15) is 4.79 Å². The molecule has 150 valence electrons. The fourth-order valence-corrected chi connectivity index (χ4v) is 4.49. The maximum atomic E-state index is 12.9. The molecule has 2 atom stereocenters. The summed E-state index contributed by atoms with van der Waals surface area (Å²) in [5, 5.41) is 4.01. The number of aromatic nitrogens is 2. The third-order valence-electron chi connectivity index (χ3n) is 5.40. The minimum absolute atomic E-state index is 0.0160. The number of hydrogen-bond donors (Lipinski definition) is 1. The summed E-state index contributed by atoms with van der Waals surface area (Å²) >= 11 is 1.39. The summed E-state index contributed by atoms with van der Waals surface area (Å²) in [6.45, 7) is 4.95. The largest absolute Gasteiger partial charge is 0.348 e. The van der Waals surface area contributed by atoms with Crippen molar-refractivity contribution in [2.75, 3.05) is 11.4 Å². The molecule has 1 fully saturated rings. The SMILES string of the molecule is Cc1ccc(Cc2nsc(N3CCC[C@@H]3C(=O)N[C@@H](C)c3ccccc3)n2)cc1. The van der Waals surface area contributed by atoms with Crippen LogP contribution in [-0.2, 0) is 11.2 Å². The second kappa shape index (κ2) is 8.74. The molecule has 29 heavy (non-hydrogen) atoms. The maximum absolute atomic E-state index is 12.9. The Morgan fingerprint density at radius 1 is 1.21 bits per heavy atom. The van der Waals surface area contributed by atoms with Gasteiger partial charge in [-0.1, -0.05) is 60.2 Å². The van der Waals surface area contributed by atoms with Gasteiger partial charge in [0.25, 0.3) is 0 Å². The van der Waals surface area contributed by atoms with Gasteiger partial charge in [0.1, 0.15) is 11.9 Å². The number of benzene rings is 2. The van der Waals surface area contributed by atoms with Crippen molar-refractivity contribution in [3.8, 4) is 0 Å². The van der Waals surface area contributed by atoms with E-state index in [0.29, 0.717) is 6.42 Å². The third kappa shape index (κ3) is 4.65. The number of hydrogen-bond acceptors (Lipinski definition) is 5. The summed E-state index contributed by atoms with van der Waals surface area (Å²) in [7, 11) is 0. The summed E-state index contributed by atoms with van der Waals surface area (Å²) in [4.78, 5) is 19.8. The van der Waals surface area contributed by atoms with Gasteiger partial charge in [-0.05, 0) is 37.8 Å². The molecule has 0 spiro atoms. The lowest BCUT2D eigenvalue weighted by atomic mass is 10.1. The van der Waals surface area contributed by atoms with Gasteiger partial charge in [0.05, 0.1) is 6.04 Å². The van der Waals surface area contributed by atoms with Crippen molar-refractivity contribution < 1.29 is 4.79 Å². The molecule has 5 nitrogen and oxygen atoms in total. The molecule has 1 aliphatic heterocycles. The van der Waals surface area contributed by atoms with Crippen molar-refractivity contribution in [2.24, 2.45) is 0 Å². The van der Waals surface area contributed by atoms with E-state index in [2.05, 4.69) is 45.8 Å². The van der Waals surface area contributed by atoms with Crippen molar-refractivity contribution in [1.82, 2.24) is 14.7 Å². The van der Waals surface area contributed by atoms with E-state index >= 15 is 0 Å². The van der Waals surface area contributed by atoms with Crippen molar-refractivity contribution >= 4 is 22.6 Å². The molecule has 0 aliphatic carbocycles. The maximum Gasteiger partial charge on any atom is 0.243 e. The van der Waals surface area contributed by atoms with Crippen LogP contribution in [0.5, 0.6) is 0 Å². The topological polar surface area (TPSA) is 58.1 Å². The zero-order chi connectivity index (χ0) is 20.2. The minimum Gasteiger partial charge on any atom is -0.348 e. The quantitative estimate of drug-likeness (QED) is 0.664. The van der Waals surface area contributed by atoms with Gasteiger partial charge in [-0.15, -0.1) is 0 Å². The Kier molecular flexibility index (Phi) is 5.90. The van der Waals surface area contributed by atoms with E-state index in [1.807, 2.05) is 37.3 Å². The van der Waals surface area contributed by atoms with E-state index in [1.54, 1.807) is 0 Å². The molecule has 1 amide bonds. The van der Waals surface area contributed by atoms with Crippen LogP contribution in [0.2, 0.25) is 0 Å². The summed E-state index contributed by atoms with van der Waals surface area (Å²) in [6.07, 6.45) is 2.55. The molecular weight excluding hydrogens is 380 g/mol. The molecule has 0 radical (unpaired) electrons. The molecule has 3 aromatic rings. The smallest absolute Gasteiger partial charge is 0.243 e. The van der Waals surface area contributed by atoms with Crippen LogP contribution in [0, 0.1) is 6.92 Å². The number of anilines is 1. The molecule has 0 saturated carbocycles. The van der Waals surface area contributed by atoms with Crippen LogP contribution in [0.4, 0.5) is 5.13 Å². The van der Waals surface area contributed by atoms with Crippen LogP contribution in [0.15, 0.2) is 54.6 Å². The van der Waals surface area contributed by atoms with E-state index in [0.717, 1.165) is 35.9 Å². The molecule has 0 bridgehead atoms. The standard InChI is InChI=1S/C23H26N4OS/c1-16-10-12-18(13-11-16)15-21-25-23(29-26-21)27-14-6-9-20(27)22(28)24-17(2)19-7-4-3-5-8-19/h3-5,7-8,10-13,17,20H,6,9,14-15H2,1-2H3,(H,24,28)/t17-,20+/m0/s1.